The molecule has 0 saturated heterocycles. The van der Waals surface area contributed by atoms with Gasteiger partial charge in [0.25, 0.3) is 11.4 Å². The first-order valence-corrected chi connectivity index (χ1v) is 10.8. The lowest BCUT2D eigenvalue weighted by Gasteiger charge is -2.09. The summed E-state index contributed by atoms with van der Waals surface area (Å²) in [6.45, 7) is 1.17. The van der Waals surface area contributed by atoms with Crippen molar-refractivity contribution in [1.82, 2.24) is 19.9 Å². The molecule has 0 aliphatic heterocycles. The van der Waals surface area contributed by atoms with Crippen molar-refractivity contribution in [3.63, 3.8) is 0 Å². The summed E-state index contributed by atoms with van der Waals surface area (Å²) in [7, 11) is -4.24. The summed E-state index contributed by atoms with van der Waals surface area (Å²) in [4.78, 5) is 24.1. The Morgan fingerprint density at radius 2 is 1.55 bits per heavy atom. The predicted octanol–water partition coefficient (Wildman–Crippen LogP) is 2.13. The molecule has 0 amide bonds. The van der Waals surface area contributed by atoms with Gasteiger partial charge in [-0.3, -0.25) is 20.2 Å². The van der Waals surface area contributed by atoms with Gasteiger partial charge >= 0.3 is 0 Å². The van der Waals surface area contributed by atoms with Gasteiger partial charge in [-0.25, -0.2) is 18.1 Å². The van der Waals surface area contributed by atoms with Gasteiger partial charge in [0.2, 0.25) is 10.0 Å². The summed E-state index contributed by atoms with van der Waals surface area (Å²) in [5.74, 6) is 1.43. The van der Waals surface area contributed by atoms with E-state index >= 15 is 0 Å². The van der Waals surface area contributed by atoms with E-state index in [0.29, 0.717) is 17.5 Å². The number of rotatable bonds is 10. The topological polar surface area (TPSA) is 195 Å². The van der Waals surface area contributed by atoms with E-state index in [2.05, 4.69) is 30.5 Å². The van der Waals surface area contributed by atoms with Crippen LogP contribution in [0.4, 0.5) is 28.8 Å². The maximum absolute atomic E-state index is 12.5. The van der Waals surface area contributed by atoms with Crippen molar-refractivity contribution in [3.8, 4) is 0 Å². The van der Waals surface area contributed by atoms with E-state index in [9.17, 15) is 28.6 Å². The molecule has 0 radical (unpaired) electrons. The third-order valence-corrected chi connectivity index (χ3v) is 5.78. The Morgan fingerprint density at radius 1 is 0.909 bits per heavy atom. The van der Waals surface area contributed by atoms with Gasteiger partial charge < -0.3 is 10.6 Å². The molecule has 3 N–H and O–H groups in total. The Bertz CT molecular complexity index is 1230. The summed E-state index contributed by atoms with van der Waals surface area (Å²) in [6.07, 6.45) is 1.62. The molecule has 0 aliphatic rings. The molecule has 2 heterocycles. The molecule has 0 fully saturated rings. The fourth-order valence-corrected chi connectivity index (χ4v) is 3.78. The van der Waals surface area contributed by atoms with Crippen molar-refractivity contribution in [1.29, 1.82) is 0 Å². The first-order valence-electron chi connectivity index (χ1n) is 9.36. The molecular weight excluding hydrogens is 456 g/mol. The number of sulfonamides is 1. The molecule has 3 aromatic rings. The third-order valence-electron chi connectivity index (χ3n) is 4.34. The van der Waals surface area contributed by atoms with Gasteiger partial charge in [0.05, 0.1) is 14.7 Å². The number of pyridine rings is 1. The van der Waals surface area contributed by atoms with Crippen molar-refractivity contribution in [2.24, 2.45) is 0 Å². The van der Waals surface area contributed by atoms with Crippen molar-refractivity contribution in [2.75, 3.05) is 23.7 Å². The molecule has 0 aliphatic carbocycles. The molecule has 2 aromatic heterocycles. The average molecular weight is 474 g/mol. The van der Waals surface area contributed by atoms with E-state index in [1.54, 1.807) is 30.5 Å². The first kappa shape index (κ1) is 23.4. The predicted molar refractivity (Wildman–Crippen MR) is 118 cm³/mol. The minimum absolute atomic E-state index is 0.108. The van der Waals surface area contributed by atoms with Gasteiger partial charge in [0.15, 0.2) is 5.82 Å². The Morgan fingerprint density at radius 3 is 2.09 bits per heavy atom. The highest BCUT2D eigenvalue weighted by molar-refractivity contribution is 7.89. The molecule has 0 bridgehead atoms. The minimum Gasteiger partial charge on any atom is -0.367 e. The zero-order valence-electron chi connectivity index (χ0n) is 17.1. The van der Waals surface area contributed by atoms with Crippen molar-refractivity contribution in [3.05, 3.63) is 74.5 Å². The number of nitrogens with zero attached hydrogens (tertiary/aromatic N) is 5. The van der Waals surface area contributed by atoms with Crippen LogP contribution in [0.15, 0.2) is 53.6 Å². The smallest absolute Gasteiger partial charge is 0.280 e. The standard InChI is InChI=1S/C18H18N8O6S/c1-12-14(25(27)28)10-13(11-15(12)26(29)30)33(31,32)21-9-8-20-17-5-6-18(24-23-17)22-16-4-2-3-7-19-16/h2-7,10-11,21H,8-9H2,1H3,(H,20,23)(H,19,22,24). The average Bonchev–Trinajstić information content (AvgIpc) is 2.78. The molecule has 1 aromatic carbocycles. The zero-order chi connectivity index (χ0) is 24.0. The highest BCUT2D eigenvalue weighted by atomic mass is 32.2. The quantitative estimate of drug-likeness (QED) is 0.221. The number of nitro groups is 2. The third kappa shape index (κ3) is 5.92. The van der Waals surface area contributed by atoms with E-state index in [-0.39, 0.29) is 18.7 Å². The van der Waals surface area contributed by atoms with Crippen LogP contribution >= 0.6 is 0 Å². The van der Waals surface area contributed by atoms with Gasteiger partial charge in [0.1, 0.15) is 17.2 Å². The van der Waals surface area contributed by atoms with Crippen LogP contribution in [0.25, 0.3) is 0 Å². The lowest BCUT2D eigenvalue weighted by molar-refractivity contribution is -0.395. The largest absolute Gasteiger partial charge is 0.367 e. The van der Waals surface area contributed by atoms with Crippen LogP contribution in [-0.4, -0.2) is 46.5 Å². The summed E-state index contributed by atoms with van der Waals surface area (Å²) < 4.78 is 27.2. The molecule has 0 atom stereocenters. The molecule has 15 heteroatoms. The van der Waals surface area contributed by atoms with E-state index < -0.39 is 36.1 Å². The number of nitrogens with one attached hydrogen (secondary N) is 3. The second-order valence-corrected chi connectivity index (χ2v) is 8.34. The van der Waals surface area contributed by atoms with Crippen LogP contribution in [0, 0.1) is 27.2 Å². The fourth-order valence-electron chi connectivity index (χ4n) is 2.71. The number of hydrogen-bond donors (Lipinski definition) is 3. The number of anilines is 3. The lowest BCUT2D eigenvalue weighted by atomic mass is 10.1. The zero-order valence-corrected chi connectivity index (χ0v) is 17.9. The molecule has 0 saturated carbocycles. The molecule has 3 rings (SSSR count). The van der Waals surface area contributed by atoms with Gasteiger partial charge in [-0.1, -0.05) is 6.07 Å². The molecule has 0 unspecified atom stereocenters. The molecule has 33 heavy (non-hydrogen) atoms. The van der Waals surface area contributed by atoms with Crippen LogP contribution in [-0.2, 0) is 10.0 Å². The molecule has 172 valence electrons. The Kier molecular flexibility index (Phi) is 7.04. The maximum atomic E-state index is 12.5. The van der Waals surface area contributed by atoms with Crippen LogP contribution in [0.5, 0.6) is 0 Å². The van der Waals surface area contributed by atoms with E-state index in [1.165, 1.54) is 6.92 Å². The Labute approximate surface area is 187 Å². The van der Waals surface area contributed by atoms with Crippen molar-refractivity contribution in [2.45, 2.75) is 11.8 Å². The number of hydrogen-bond acceptors (Lipinski definition) is 11. The fraction of sp³-hybridized carbons (Fsp3) is 0.167. The Hall–Kier alpha value is -4.24. The van der Waals surface area contributed by atoms with Crippen LogP contribution in [0.1, 0.15) is 5.56 Å². The van der Waals surface area contributed by atoms with E-state index in [4.69, 9.17) is 0 Å². The highest BCUT2D eigenvalue weighted by Crippen LogP contribution is 2.31. The Balaban J connectivity index is 1.60. The normalized spacial score (nSPS) is 11.1. The van der Waals surface area contributed by atoms with Gasteiger partial charge in [0, 0.05) is 31.4 Å². The van der Waals surface area contributed by atoms with Gasteiger partial charge in [-0.15, -0.1) is 10.2 Å². The highest BCUT2D eigenvalue weighted by Gasteiger charge is 2.27. The number of nitro benzene ring substituents is 2. The lowest BCUT2D eigenvalue weighted by Crippen LogP contribution is -2.29. The van der Waals surface area contributed by atoms with E-state index in [1.807, 2.05) is 6.07 Å². The molecular formula is C18H18N8O6S. The van der Waals surface area contributed by atoms with Gasteiger partial charge in [-0.2, -0.15) is 0 Å². The summed E-state index contributed by atoms with van der Waals surface area (Å²) in [5, 5.41) is 36.1. The maximum Gasteiger partial charge on any atom is 0.280 e. The monoisotopic (exact) mass is 474 g/mol. The number of aromatic nitrogens is 3. The SMILES string of the molecule is Cc1c([N+](=O)[O-])cc(S(=O)(=O)NCCNc2ccc(Nc3ccccn3)nn2)cc1[N+](=O)[O-]. The van der Waals surface area contributed by atoms with Crippen molar-refractivity contribution < 1.29 is 18.3 Å². The molecule has 0 spiro atoms. The van der Waals surface area contributed by atoms with Gasteiger partial charge in [-0.05, 0) is 31.2 Å². The summed E-state index contributed by atoms with van der Waals surface area (Å²) >= 11 is 0. The van der Waals surface area contributed by atoms with Crippen LogP contribution in [0.2, 0.25) is 0 Å². The first-order chi connectivity index (χ1) is 15.7. The van der Waals surface area contributed by atoms with Crippen LogP contribution in [0.3, 0.4) is 0 Å². The summed E-state index contributed by atoms with van der Waals surface area (Å²) in [6, 6.07) is 10.2. The van der Waals surface area contributed by atoms with E-state index in [0.717, 1.165) is 12.1 Å². The second kappa shape index (κ2) is 9.92. The number of benzene rings is 1. The summed E-state index contributed by atoms with van der Waals surface area (Å²) in [5.41, 5.74) is -1.54. The van der Waals surface area contributed by atoms with Crippen LogP contribution < -0.4 is 15.4 Å². The van der Waals surface area contributed by atoms with Crippen molar-refractivity contribution >= 4 is 38.9 Å². The molecule has 14 nitrogen and oxygen atoms in total. The minimum atomic E-state index is -4.24. The second-order valence-electron chi connectivity index (χ2n) is 6.57.